The highest BCUT2D eigenvalue weighted by Gasteiger charge is 2.24. The number of β-amino-alcohol motifs (C(OH)–C–C–N with tert-alkyl or cyclic N) is 1. The zero-order valence-electron chi connectivity index (χ0n) is 10.5. The summed E-state index contributed by atoms with van der Waals surface area (Å²) in [6, 6.07) is 10.7. The van der Waals surface area contributed by atoms with Crippen LogP contribution in [0.2, 0.25) is 0 Å². The summed E-state index contributed by atoms with van der Waals surface area (Å²) in [7, 11) is 1.87. The smallest absolute Gasteiger partial charge is 0.0791 e. The van der Waals surface area contributed by atoms with Gasteiger partial charge in [-0.15, -0.1) is 0 Å². The molecule has 1 heterocycles. The standard InChI is InChI=1S/C14H22N2O/c1-15-9-14(17)11-16-8-7-13(10-16)12-5-3-2-4-6-12/h2-6,13-15,17H,7-11H2,1H3. The molecule has 1 aromatic carbocycles. The Morgan fingerprint density at radius 2 is 2.18 bits per heavy atom. The van der Waals surface area contributed by atoms with E-state index in [0.29, 0.717) is 12.5 Å². The minimum atomic E-state index is -0.255. The van der Waals surface area contributed by atoms with Gasteiger partial charge in [-0.05, 0) is 31.5 Å². The van der Waals surface area contributed by atoms with E-state index in [2.05, 4.69) is 40.5 Å². The van der Waals surface area contributed by atoms with Crippen LogP contribution < -0.4 is 5.32 Å². The van der Waals surface area contributed by atoms with E-state index in [4.69, 9.17) is 0 Å². The molecule has 0 radical (unpaired) electrons. The monoisotopic (exact) mass is 234 g/mol. The summed E-state index contributed by atoms with van der Waals surface area (Å²) in [5.74, 6) is 0.637. The van der Waals surface area contributed by atoms with E-state index in [0.717, 1.165) is 19.6 Å². The van der Waals surface area contributed by atoms with Gasteiger partial charge in [0.25, 0.3) is 0 Å². The number of likely N-dealkylation sites (N-methyl/N-ethyl adjacent to an activating group) is 1. The Morgan fingerprint density at radius 1 is 1.41 bits per heavy atom. The second kappa shape index (κ2) is 6.15. The number of hydrogen-bond acceptors (Lipinski definition) is 3. The molecule has 0 amide bonds. The molecule has 0 spiro atoms. The highest BCUT2D eigenvalue weighted by Crippen LogP contribution is 2.26. The average Bonchev–Trinajstić information content (AvgIpc) is 2.79. The number of hydrogen-bond donors (Lipinski definition) is 2. The van der Waals surface area contributed by atoms with Crippen molar-refractivity contribution in [3.05, 3.63) is 35.9 Å². The summed E-state index contributed by atoms with van der Waals surface area (Å²) in [6.07, 6.45) is 0.950. The molecule has 0 bridgehead atoms. The minimum absolute atomic E-state index is 0.255. The quantitative estimate of drug-likeness (QED) is 0.799. The lowest BCUT2D eigenvalue weighted by Crippen LogP contribution is -2.36. The van der Waals surface area contributed by atoms with E-state index in [1.807, 2.05) is 7.05 Å². The van der Waals surface area contributed by atoms with E-state index >= 15 is 0 Å². The summed E-state index contributed by atoms with van der Waals surface area (Å²) < 4.78 is 0. The highest BCUT2D eigenvalue weighted by molar-refractivity contribution is 5.20. The van der Waals surface area contributed by atoms with Gasteiger partial charge < -0.3 is 15.3 Å². The number of nitrogens with zero attached hydrogens (tertiary/aromatic N) is 1. The Morgan fingerprint density at radius 3 is 2.88 bits per heavy atom. The lowest BCUT2D eigenvalue weighted by molar-refractivity contribution is 0.125. The topological polar surface area (TPSA) is 35.5 Å². The largest absolute Gasteiger partial charge is 0.390 e. The maximum atomic E-state index is 9.76. The molecule has 1 aliphatic heterocycles. The number of aliphatic hydroxyl groups excluding tert-OH is 1. The molecule has 0 aromatic heterocycles. The Kier molecular flexibility index (Phi) is 4.54. The second-order valence-corrected chi connectivity index (χ2v) is 4.87. The van der Waals surface area contributed by atoms with Crippen molar-refractivity contribution in [2.45, 2.75) is 18.4 Å². The maximum Gasteiger partial charge on any atom is 0.0791 e. The Balaban J connectivity index is 1.83. The molecule has 3 nitrogen and oxygen atoms in total. The second-order valence-electron chi connectivity index (χ2n) is 4.87. The van der Waals surface area contributed by atoms with Crippen LogP contribution in [-0.2, 0) is 0 Å². The summed E-state index contributed by atoms with van der Waals surface area (Å²) in [5, 5.41) is 12.8. The molecule has 1 fully saturated rings. The van der Waals surface area contributed by atoms with Crippen molar-refractivity contribution in [1.29, 1.82) is 0 Å². The van der Waals surface area contributed by atoms with Gasteiger partial charge in [-0.3, -0.25) is 0 Å². The van der Waals surface area contributed by atoms with Crippen LogP contribution in [0.15, 0.2) is 30.3 Å². The molecular weight excluding hydrogens is 212 g/mol. The van der Waals surface area contributed by atoms with Crippen LogP contribution in [0.1, 0.15) is 17.9 Å². The van der Waals surface area contributed by atoms with E-state index in [9.17, 15) is 5.11 Å². The highest BCUT2D eigenvalue weighted by atomic mass is 16.3. The van der Waals surface area contributed by atoms with Crippen molar-refractivity contribution in [1.82, 2.24) is 10.2 Å². The van der Waals surface area contributed by atoms with Gasteiger partial charge in [-0.1, -0.05) is 30.3 Å². The van der Waals surface area contributed by atoms with E-state index < -0.39 is 0 Å². The number of benzene rings is 1. The first-order chi connectivity index (χ1) is 8.29. The molecule has 0 aliphatic carbocycles. The molecular formula is C14H22N2O. The lowest BCUT2D eigenvalue weighted by atomic mass is 9.99. The number of nitrogens with one attached hydrogen (secondary N) is 1. The van der Waals surface area contributed by atoms with Crippen LogP contribution in [0.5, 0.6) is 0 Å². The average molecular weight is 234 g/mol. The SMILES string of the molecule is CNCC(O)CN1CCC(c2ccccc2)C1. The van der Waals surface area contributed by atoms with Crippen LogP contribution in [-0.4, -0.2) is 49.3 Å². The van der Waals surface area contributed by atoms with E-state index in [1.54, 1.807) is 0 Å². The zero-order valence-corrected chi connectivity index (χ0v) is 10.5. The maximum absolute atomic E-state index is 9.76. The third-order valence-electron chi connectivity index (χ3n) is 3.45. The van der Waals surface area contributed by atoms with E-state index in [-0.39, 0.29) is 6.10 Å². The molecule has 2 N–H and O–H groups in total. The fourth-order valence-electron chi connectivity index (χ4n) is 2.59. The Labute approximate surface area is 103 Å². The van der Waals surface area contributed by atoms with Gasteiger partial charge in [0, 0.05) is 19.6 Å². The van der Waals surface area contributed by atoms with Crippen LogP contribution in [0.3, 0.4) is 0 Å². The van der Waals surface area contributed by atoms with E-state index in [1.165, 1.54) is 12.0 Å². The van der Waals surface area contributed by atoms with Crippen LogP contribution >= 0.6 is 0 Å². The third-order valence-corrected chi connectivity index (χ3v) is 3.45. The first kappa shape index (κ1) is 12.6. The Bertz CT molecular complexity index is 328. The van der Waals surface area contributed by atoms with Crippen molar-refractivity contribution in [2.24, 2.45) is 0 Å². The fourth-order valence-corrected chi connectivity index (χ4v) is 2.59. The lowest BCUT2D eigenvalue weighted by Gasteiger charge is -2.20. The normalized spacial score (nSPS) is 22.8. The van der Waals surface area contributed by atoms with Crippen molar-refractivity contribution in [2.75, 3.05) is 33.2 Å². The predicted molar refractivity (Wildman–Crippen MR) is 70.2 cm³/mol. The van der Waals surface area contributed by atoms with Crippen LogP contribution in [0.25, 0.3) is 0 Å². The number of aliphatic hydroxyl groups is 1. The molecule has 1 aliphatic rings. The predicted octanol–water partition coefficient (Wildman–Crippen LogP) is 1.06. The molecule has 2 rings (SSSR count). The van der Waals surface area contributed by atoms with Crippen molar-refractivity contribution < 1.29 is 5.11 Å². The first-order valence-electron chi connectivity index (χ1n) is 6.39. The van der Waals surface area contributed by atoms with Crippen LogP contribution in [0, 0.1) is 0 Å². The number of rotatable bonds is 5. The van der Waals surface area contributed by atoms with Crippen molar-refractivity contribution in [3.8, 4) is 0 Å². The zero-order chi connectivity index (χ0) is 12.1. The van der Waals surface area contributed by atoms with Gasteiger partial charge in [0.2, 0.25) is 0 Å². The van der Waals surface area contributed by atoms with Gasteiger partial charge in [0.15, 0.2) is 0 Å². The molecule has 2 atom stereocenters. The van der Waals surface area contributed by atoms with Gasteiger partial charge in [-0.25, -0.2) is 0 Å². The Hall–Kier alpha value is -0.900. The molecule has 17 heavy (non-hydrogen) atoms. The van der Waals surface area contributed by atoms with Gasteiger partial charge in [0.1, 0.15) is 0 Å². The summed E-state index contributed by atoms with van der Waals surface area (Å²) in [4.78, 5) is 2.36. The molecule has 2 unspecified atom stereocenters. The van der Waals surface area contributed by atoms with Gasteiger partial charge in [0.05, 0.1) is 6.10 Å². The fraction of sp³-hybridized carbons (Fsp3) is 0.571. The van der Waals surface area contributed by atoms with Gasteiger partial charge in [-0.2, -0.15) is 0 Å². The number of likely N-dealkylation sites (tertiary alicyclic amines) is 1. The first-order valence-corrected chi connectivity index (χ1v) is 6.39. The molecule has 3 heteroatoms. The minimum Gasteiger partial charge on any atom is -0.390 e. The molecule has 94 valence electrons. The molecule has 0 saturated carbocycles. The summed E-state index contributed by atoms with van der Waals surface area (Å²) in [6.45, 7) is 3.63. The molecule has 1 saturated heterocycles. The van der Waals surface area contributed by atoms with Crippen molar-refractivity contribution >= 4 is 0 Å². The van der Waals surface area contributed by atoms with Gasteiger partial charge >= 0.3 is 0 Å². The van der Waals surface area contributed by atoms with Crippen LogP contribution in [0.4, 0.5) is 0 Å². The molecule has 1 aromatic rings. The summed E-state index contributed by atoms with van der Waals surface area (Å²) in [5.41, 5.74) is 1.43. The third kappa shape index (κ3) is 3.53. The summed E-state index contributed by atoms with van der Waals surface area (Å²) >= 11 is 0. The van der Waals surface area contributed by atoms with Crippen molar-refractivity contribution in [3.63, 3.8) is 0 Å².